The molecule has 2 atom stereocenters. The van der Waals surface area contributed by atoms with Crippen LogP contribution in [0.25, 0.3) is 0 Å². The van der Waals surface area contributed by atoms with Crippen LogP contribution in [0.15, 0.2) is 48.5 Å². The molecule has 10 heteroatoms. The number of nitro groups is 1. The standard InChI is InChI=1S/C24H27N3O7/c1-15(2)34-22(28)14-19(18-9-3-4-10-20(18)27(31)32)26-23(29)16-7-5-8-17(13-16)25-24(30)21-11-6-12-33-21/h3-5,7-10,13,15,19,21H,6,11-12,14H2,1-2H3,(H,25,30)(H,26,29). The summed E-state index contributed by atoms with van der Waals surface area (Å²) in [5.74, 6) is -1.45. The van der Waals surface area contributed by atoms with Gasteiger partial charge in [-0.05, 0) is 44.9 Å². The van der Waals surface area contributed by atoms with Gasteiger partial charge in [-0.25, -0.2) is 0 Å². The highest BCUT2D eigenvalue weighted by molar-refractivity contribution is 5.98. The van der Waals surface area contributed by atoms with Crippen LogP contribution in [0.2, 0.25) is 0 Å². The van der Waals surface area contributed by atoms with Gasteiger partial charge < -0.3 is 20.1 Å². The molecular weight excluding hydrogens is 442 g/mol. The fraction of sp³-hybridized carbons (Fsp3) is 0.375. The number of hydrogen-bond donors (Lipinski definition) is 2. The van der Waals surface area contributed by atoms with Crippen molar-refractivity contribution in [1.29, 1.82) is 0 Å². The van der Waals surface area contributed by atoms with E-state index in [1.54, 1.807) is 38.1 Å². The summed E-state index contributed by atoms with van der Waals surface area (Å²) in [6.07, 6.45) is 0.263. The molecule has 10 nitrogen and oxygen atoms in total. The van der Waals surface area contributed by atoms with E-state index in [0.29, 0.717) is 18.7 Å². The Kier molecular flexibility index (Phi) is 8.31. The summed E-state index contributed by atoms with van der Waals surface area (Å²) >= 11 is 0. The highest BCUT2D eigenvalue weighted by Crippen LogP contribution is 2.28. The Hall–Kier alpha value is -3.79. The molecule has 2 N–H and O–H groups in total. The second-order valence-corrected chi connectivity index (χ2v) is 8.16. The monoisotopic (exact) mass is 469 g/mol. The maximum atomic E-state index is 13.0. The van der Waals surface area contributed by atoms with Crippen LogP contribution in [-0.2, 0) is 19.1 Å². The number of nitro benzene ring substituents is 1. The van der Waals surface area contributed by atoms with Crippen LogP contribution in [0, 0.1) is 10.1 Å². The Bertz CT molecular complexity index is 1060. The fourth-order valence-electron chi connectivity index (χ4n) is 3.65. The Balaban J connectivity index is 1.80. The lowest BCUT2D eigenvalue weighted by Crippen LogP contribution is -2.31. The second kappa shape index (κ2) is 11.4. The quantitative estimate of drug-likeness (QED) is 0.326. The molecule has 1 saturated heterocycles. The topological polar surface area (TPSA) is 137 Å². The third-order valence-electron chi connectivity index (χ3n) is 5.17. The van der Waals surface area contributed by atoms with Crippen LogP contribution in [0.3, 0.4) is 0 Å². The fourth-order valence-corrected chi connectivity index (χ4v) is 3.65. The first-order valence-electron chi connectivity index (χ1n) is 11.0. The molecule has 2 unspecified atom stereocenters. The van der Waals surface area contributed by atoms with Gasteiger partial charge in [-0.1, -0.05) is 24.3 Å². The minimum Gasteiger partial charge on any atom is -0.463 e. The molecule has 1 aliphatic rings. The van der Waals surface area contributed by atoms with Crippen molar-refractivity contribution >= 4 is 29.2 Å². The van der Waals surface area contributed by atoms with Crippen LogP contribution in [0.4, 0.5) is 11.4 Å². The first-order chi connectivity index (χ1) is 16.2. The Morgan fingerprint density at radius 2 is 1.94 bits per heavy atom. The number of benzene rings is 2. The number of amides is 2. The van der Waals surface area contributed by atoms with Crippen molar-refractivity contribution in [2.45, 2.75) is 51.4 Å². The van der Waals surface area contributed by atoms with Crippen LogP contribution >= 0.6 is 0 Å². The van der Waals surface area contributed by atoms with Gasteiger partial charge in [-0.15, -0.1) is 0 Å². The average Bonchev–Trinajstić information content (AvgIpc) is 3.33. The Morgan fingerprint density at radius 3 is 2.62 bits per heavy atom. The molecular formula is C24H27N3O7. The number of nitrogens with zero attached hydrogens (tertiary/aromatic N) is 1. The van der Waals surface area contributed by atoms with Crippen molar-refractivity contribution in [3.8, 4) is 0 Å². The summed E-state index contributed by atoms with van der Waals surface area (Å²) in [7, 11) is 0. The third-order valence-corrected chi connectivity index (χ3v) is 5.17. The van der Waals surface area contributed by atoms with Gasteiger partial charge in [0, 0.05) is 23.9 Å². The normalized spacial score (nSPS) is 16.0. The number of esters is 1. The van der Waals surface area contributed by atoms with Gasteiger partial charge >= 0.3 is 5.97 Å². The summed E-state index contributed by atoms with van der Waals surface area (Å²) < 4.78 is 10.6. The van der Waals surface area contributed by atoms with Gasteiger partial charge in [0.2, 0.25) is 0 Å². The van der Waals surface area contributed by atoms with E-state index in [1.807, 2.05) is 0 Å². The number of nitrogens with one attached hydrogen (secondary N) is 2. The first kappa shape index (κ1) is 24.8. The number of para-hydroxylation sites is 1. The molecule has 34 heavy (non-hydrogen) atoms. The molecule has 0 bridgehead atoms. The number of carbonyl (C=O) groups is 3. The summed E-state index contributed by atoms with van der Waals surface area (Å²) in [5.41, 5.74) is 0.590. The van der Waals surface area contributed by atoms with Gasteiger partial charge in [-0.3, -0.25) is 24.5 Å². The largest absolute Gasteiger partial charge is 0.463 e. The van der Waals surface area contributed by atoms with Crippen LogP contribution in [0.5, 0.6) is 0 Å². The van der Waals surface area contributed by atoms with Crippen LogP contribution in [-0.4, -0.2) is 41.5 Å². The van der Waals surface area contributed by atoms with Gasteiger partial charge in [-0.2, -0.15) is 0 Å². The molecule has 0 radical (unpaired) electrons. The summed E-state index contributed by atoms with van der Waals surface area (Å²) in [5, 5.41) is 17.0. The van der Waals surface area contributed by atoms with Crippen molar-refractivity contribution in [1.82, 2.24) is 5.32 Å². The van der Waals surface area contributed by atoms with Gasteiger partial charge in [0.05, 0.1) is 29.1 Å². The maximum Gasteiger partial charge on any atom is 0.308 e. The van der Waals surface area contributed by atoms with Crippen molar-refractivity contribution < 1.29 is 28.8 Å². The zero-order chi connectivity index (χ0) is 24.7. The lowest BCUT2D eigenvalue weighted by molar-refractivity contribution is -0.385. The maximum absolute atomic E-state index is 13.0. The molecule has 2 amide bonds. The predicted molar refractivity (Wildman–Crippen MR) is 123 cm³/mol. The Labute approximate surface area is 196 Å². The molecule has 0 aliphatic carbocycles. The van der Waals surface area contributed by atoms with E-state index in [4.69, 9.17) is 9.47 Å². The number of hydrogen-bond acceptors (Lipinski definition) is 7. The minimum atomic E-state index is -0.995. The smallest absolute Gasteiger partial charge is 0.308 e. The lowest BCUT2D eigenvalue weighted by Gasteiger charge is -2.20. The molecule has 180 valence electrons. The SMILES string of the molecule is CC(C)OC(=O)CC(NC(=O)c1cccc(NC(=O)C2CCCO2)c1)c1ccccc1[N+](=O)[O-]. The van der Waals surface area contributed by atoms with Crippen LogP contribution in [0.1, 0.15) is 55.1 Å². The van der Waals surface area contributed by atoms with Gasteiger partial charge in [0.25, 0.3) is 17.5 Å². The van der Waals surface area contributed by atoms with Crippen molar-refractivity contribution in [3.05, 3.63) is 69.8 Å². The molecule has 0 aromatic heterocycles. The van der Waals surface area contributed by atoms with E-state index in [-0.39, 0.29) is 35.2 Å². The number of ether oxygens (including phenoxy) is 2. The Morgan fingerprint density at radius 1 is 1.18 bits per heavy atom. The van der Waals surface area contributed by atoms with E-state index in [2.05, 4.69) is 10.6 Å². The van der Waals surface area contributed by atoms with E-state index >= 15 is 0 Å². The second-order valence-electron chi connectivity index (χ2n) is 8.16. The summed E-state index contributed by atoms with van der Waals surface area (Å²) in [4.78, 5) is 48.7. The third kappa shape index (κ3) is 6.61. The molecule has 1 aliphatic heterocycles. The van der Waals surface area contributed by atoms with Crippen molar-refractivity contribution in [2.24, 2.45) is 0 Å². The zero-order valence-electron chi connectivity index (χ0n) is 19.0. The van der Waals surface area contributed by atoms with Gasteiger partial charge in [0.15, 0.2) is 0 Å². The molecule has 3 rings (SSSR count). The molecule has 1 heterocycles. The average molecular weight is 469 g/mol. The van der Waals surface area contributed by atoms with Crippen molar-refractivity contribution in [3.63, 3.8) is 0 Å². The molecule has 2 aromatic rings. The lowest BCUT2D eigenvalue weighted by atomic mass is 10.0. The first-order valence-corrected chi connectivity index (χ1v) is 11.0. The highest BCUT2D eigenvalue weighted by Gasteiger charge is 2.27. The molecule has 1 fully saturated rings. The van der Waals surface area contributed by atoms with E-state index < -0.39 is 28.9 Å². The summed E-state index contributed by atoms with van der Waals surface area (Å²) in [6.45, 7) is 3.91. The summed E-state index contributed by atoms with van der Waals surface area (Å²) in [6, 6.07) is 11.2. The predicted octanol–water partition coefficient (Wildman–Crippen LogP) is 3.53. The zero-order valence-corrected chi connectivity index (χ0v) is 19.0. The number of anilines is 1. The van der Waals surface area contributed by atoms with Crippen LogP contribution < -0.4 is 10.6 Å². The van der Waals surface area contributed by atoms with E-state index in [0.717, 1.165) is 6.42 Å². The highest BCUT2D eigenvalue weighted by atomic mass is 16.6. The molecule has 2 aromatic carbocycles. The molecule has 0 spiro atoms. The number of rotatable bonds is 9. The minimum absolute atomic E-state index is 0.185. The number of carbonyl (C=O) groups excluding carboxylic acids is 3. The van der Waals surface area contributed by atoms with Gasteiger partial charge in [0.1, 0.15) is 6.10 Å². The van der Waals surface area contributed by atoms with E-state index in [1.165, 1.54) is 24.3 Å². The molecule has 0 saturated carbocycles. The van der Waals surface area contributed by atoms with E-state index in [9.17, 15) is 24.5 Å². The van der Waals surface area contributed by atoms with Crippen molar-refractivity contribution in [2.75, 3.05) is 11.9 Å².